The zero-order valence-electron chi connectivity index (χ0n) is 14.9. The zero-order chi connectivity index (χ0) is 19.8. The highest BCUT2D eigenvalue weighted by Gasteiger charge is 2.33. The molecule has 2 aromatic rings. The van der Waals surface area contributed by atoms with Crippen LogP contribution in [-0.4, -0.2) is 36.2 Å². The second-order valence-corrected chi connectivity index (χ2v) is 6.40. The molecule has 0 saturated heterocycles. The molecule has 0 N–H and O–H groups in total. The van der Waals surface area contributed by atoms with Gasteiger partial charge in [-0.3, -0.25) is 14.9 Å². The Morgan fingerprint density at radius 2 is 1.93 bits per heavy atom. The first-order valence-electron chi connectivity index (χ1n) is 8.64. The molecule has 0 saturated carbocycles. The van der Waals surface area contributed by atoms with E-state index >= 15 is 0 Å². The number of esters is 1. The van der Waals surface area contributed by atoms with Crippen molar-refractivity contribution in [2.24, 2.45) is 0 Å². The van der Waals surface area contributed by atoms with Gasteiger partial charge in [-0.2, -0.15) is 0 Å². The van der Waals surface area contributed by atoms with E-state index < -0.39 is 22.7 Å². The lowest BCUT2D eigenvalue weighted by Gasteiger charge is -2.21. The van der Waals surface area contributed by atoms with Crippen molar-refractivity contribution in [3.63, 3.8) is 0 Å². The van der Waals surface area contributed by atoms with Gasteiger partial charge in [-0.25, -0.2) is 4.79 Å². The number of nitrogens with zero attached hydrogens (tertiary/aromatic N) is 2. The van der Waals surface area contributed by atoms with Crippen molar-refractivity contribution in [1.29, 1.82) is 0 Å². The third-order valence-corrected chi connectivity index (χ3v) is 4.69. The van der Waals surface area contributed by atoms with Gasteiger partial charge in [0.05, 0.1) is 11.0 Å². The number of hydrogen-bond acceptors (Lipinski definition) is 7. The van der Waals surface area contributed by atoms with Gasteiger partial charge in [0.15, 0.2) is 17.6 Å². The molecule has 9 heteroatoms. The number of anilines is 1. The molecule has 0 radical (unpaired) electrons. The number of fused-ring (bicyclic) bond motifs is 2. The summed E-state index contributed by atoms with van der Waals surface area (Å²) < 4.78 is 15.5. The van der Waals surface area contributed by atoms with Gasteiger partial charge in [-0.05, 0) is 25.0 Å². The normalized spacial score (nSPS) is 15.1. The van der Waals surface area contributed by atoms with E-state index in [0.29, 0.717) is 6.54 Å². The number of para-hydroxylation sites is 1. The Kier molecular flexibility index (Phi) is 4.34. The molecule has 0 fully saturated rings. The Balaban J connectivity index is 1.54. The van der Waals surface area contributed by atoms with Gasteiger partial charge >= 0.3 is 5.97 Å². The number of carbonyl (C=O) groups excluding carboxylic acids is 2. The van der Waals surface area contributed by atoms with E-state index in [-0.39, 0.29) is 29.8 Å². The van der Waals surface area contributed by atoms with Crippen molar-refractivity contribution < 1.29 is 28.7 Å². The van der Waals surface area contributed by atoms with Gasteiger partial charge in [0.2, 0.25) is 6.79 Å². The summed E-state index contributed by atoms with van der Waals surface area (Å²) in [5.41, 5.74) is 1.06. The van der Waals surface area contributed by atoms with Gasteiger partial charge in [0.25, 0.3) is 11.6 Å². The largest absolute Gasteiger partial charge is 0.454 e. The van der Waals surface area contributed by atoms with E-state index in [1.54, 1.807) is 4.90 Å². The fourth-order valence-electron chi connectivity index (χ4n) is 3.31. The minimum absolute atomic E-state index is 0.0890. The Morgan fingerprint density at radius 3 is 2.68 bits per heavy atom. The molecule has 144 valence electrons. The zero-order valence-corrected chi connectivity index (χ0v) is 14.9. The van der Waals surface area contributed by atoms with Crippen LogP contribution in [0, 0.1) is 10.1 Å². The summed E-state index contributed by atoms with van der Waals surface area (Å²) in [7, 11) is 0. The number of hydrogen-bond donors (Lipinski definition) is 0. The van der Waals surface area contributed by atoms with Crippen LogP contribution >= 0.6 is 0 Å². The molecule has 0 aromatic heterocycles. The summed E-state index contributed by atoms with van der Waals surface area (Å²) in [5, 5.41) is 11.3. The fourth-order valence-corrected chi connectivity index (χ4v) is 3.31. The predicted molar refractivity (Wildman–Crippen MR) is 96.6 cm³/mol. The van der Waals surface area contributed by atoms with Crippen molar-refractivity contribution in [1.82, 2.24) is 0 Å². The quantitative estimate of drug-likeness (QED) is 0.452. The maximum Gasteiger partial charge on any atom is 0.346 e. The van der Waals surface area contributed by atoms with Gasteiger partial charge < -0.3 is 19.1 Å². The number of rotatable bonds is 4. The molecule has 0 spiro atoms. The molecule has 1 amide bonds. The smallest absolute Gasteiger partial charge is 0.346 e. The van der Waals surface area contributed by atoms with Crippen LogP contribution in [0.5, 0.6) is 11.5 Å². The van der Waals surface area contributed by atoms with E-state index in [0.717, 1.165) is 23.7 Å². The molecule has 0 aliphatic carbocycles. The first-order valence-corrected chi connectivity index (χ1v) is 8.64. The summed E-state index contributed by atoms with van der Waals surface area (Å²) in [6, 6.07) is 9.81. The molecule has 28 heavy (non-hydrogen) atoms. The Bertz CT molecular complexity index is 988. The summed E-state index contributed by atoms with van der Waals surface area (Å²) in [6.45, 7) is 1.85. The van der Waals surface area contributed by atoms with Gasteiger partial charge in [-0.15, -0.1) is 0 Å². The molecule has 2 heterocycles. The molecule has 2 aliphatic rings. The average molecular weight is 384 g/mol. The molecule has 0 unspecified atom stereocenters. The van der Waals surface area contributed by atoms with Gasteiger partial charge in [-0.1, -0.05) is 18.2 Å². The van der Waals surface area contributed by atoms with Crippen molar-refractivity contribution in [2.45, 2.75) is 19.4 Å². The SMILES string of the molecule is C[C@@H](OC(=O)c1cc2c(cc1[N+](=O)[O-])OCO2)C(=O)N1CCc2ccccc21. The van der Waals surface area contributed by atoms with Crippen LogP contribution in [0.15, 0.2) is 36.4 Å². The molecule has 4 rings (SSSR count). The van der Waals surface area contributed by atoms with Crippen LogP contribution in [0.2, 0.25) is 0 Å². The summed E-state index contributed by atoms with van der Waals surface area (Å²) in [4.78, 5) is 37.5. The highest BCUT2D eigenvalue weighted by Crippen LogP contribution is 2.38. The second-order valence-electron chi connectivity index (χ2n) is 6.40. The average Bonchev–Trinajstić information content (AvgIpc) is 3.32. The minimum Gasteiger partial charge on any atom is -0.454 e. The number of benzene rings is 2. The van der Waals surface area contributed by atoms with Crippen molar-refractivity contribution in [2.75, 3.05) is 18.2 Å². The van der Waals surface area contributed by atoms with Crippen molar-refractivity contribution in [3.05, 3.63) is 57.6 Å². The van der Waals surface area contributed by atoms with Crippen molar-refractivity contribution in [3.8, 4) is 11.5 Å². The van der Waals surface area contributed by atoms with Crippen LogP contribution in [0.1, 0.15) is 22.8 Å². The van der Waals surface area contributed by atoms with E-state index in [2.05, 4.69) is 0 Å². The highest BCUT2D eigenvalue weighted by molar-refractivity contribution is 6.01. The summed E-state index contributed by atoms with van der Waals surface area (Å²) in [5.74, 6) is -0.967. The molecular formula is C19H16N2O7. The van der Waals surface area contributed by atoms with Gasteiger partial charge in [0.1, 0.15) is 5.56 Å². The number of nitro benzene ring substituents is 1. The molecule has 2 aromatic carbocycles. The van der Waals surface area contributed by atoms with Gasteiger partial charge in [0, 0.05) is 18.3 Å². The summed E-state index contributed by atoms with van der Waals surface area (Å²) >= 11 is 0. The van der Waals surface area contributed by atoms with Crippen LogP contribution in [0.4, 0.5) is 11.4 Å². The first-order chi connectivity index (χ1) is 13.5. The molecule has 1 atom stereocenters. The van der Waals surface area contributed by atoms with Crippen molar-refractivity contribution >= 4 is 23.3 Å². The minimum atomic E-state index is -1.11. The molecule has 2 aliphatic heterocycles. The fraction of sp³-hybridized carbons (Fsp3) is 0.263. The maximum atomic E-state index is 12.8. The maximum absolute atomic E-state index is 12.8. The second kappa shape index (κ2) is 6.84. The topological polar surface area (TPSA) is 108 Å². The highest BCUT2D eigenvalue weighted by atomic mass is 16.7. The van der Waals surface area contributed by atoms with Crippen LogP contribution < -0.4 is 14.4 Å². The first kappa shape index (κ1) is 17.8. The third-order valence-electron chi connectivity index (χ3n) is 4.69. The molecular weight excluding hydrogens is 368 g/mol. The number of nitro groups is 1. The van der Waals surface area contributed by atoms with Crippen LogP contribution in [-0.2, 0) is 16.0 Å². The van der Waals surface area contributed by atoms with E-state index in [4.69, 9.17) is 14.2 Å². The lowest BCUT2D eigenvalue weighted by atomic mass is 10.1. The molecule has 0 bridgehead atoms. The standard InChI is InChI=1S/C19H16N2O7/c1-11(18(22)20-7-6-12-4-2-3-5-14(12)20)28-19(23)13-8-16-17(27-10-26-16)9-15(13)21(24)25/h2-5,8-9,11H,6-7,10H2,1H3/t11-/m1/s1. The van der Waals surface area contributed by atoms with E-state index in [1.165, 1.54) is 13.0 Å². The Labute approximate surface area is 159 Å². The third kappa shape index (κ3) is 3.00. The predicted octanol–water partition coefficient (Wildman–Crippen LogP) is 2.46. The number of amides is 1. The lowest BCUT2D eigenvalue weighted by Crippen LogP contribution is -2.39. The monoisotopic (exact) mass is 384 g/mol. The van der Waals surface area contributed by atoms with Crippen LogP contribution in [0.25, 0.3) is 0 Å². The Morgan fingerprint density at radius 1 is 1.21 bits per heavy atom. The Hall–Kier alpha value is -3.62. The number of ether oxygens (including phenoxy) is 3. The number of carbonyl (C=O) groups is 2. The molecule has 9 nitrogen and oxygen atoms in total. The van der Waals surface area contributed by atoms with Crippen LogP contribution in [0.3, 0.4) is 0 Å². The summed E-state index contributed by atoms with van der Waals surface area (Å²) in [6.07, 6.45) is -0.389. The lowest BCUT2D eigenvalue weighted by molar-refractivity contribution is -0.385. The van der Waals surface area contributed by atoms with E-state index in [9.17, 15) is 19.7 Å². The van der Waals surface area contributed by atoms with E-state index in [1.807, 2.05) is 24.3 Å².